The number of hydrogen-bond acceptors (Lipinski definition) is 5. The van der Waals surface area contributed by atoms with Crippen LogP contribution >= 0.6 is 0 Å². The highest BCUT2D eigenvalue weighted by Gasteiger charge is 2.31. The maximum absolute atomic E-state index is 12.1. The Morgan fingerprint density at radius 3 is 2.12 bits per heavy atom. The summed E-state index contributed by atoms with van der Waals surface area (Å²) in [5.74, 6) is 0.616. The van der Waals surface area contributed by atoms with Gasteiger partial charge in [0, 0.05) is 19.1 Å². The molecule has 1 aliphatic rings. The second-order valence-corrected chi connectivity index (χ2v) is 11.9. The fourth-order valence-corrected chi connectivity index (χ4v) is 5.14. The van der Waals surface area contributed by atoms with Gasteiger partial charge in [0.2, 0.25) is 0 Å². The fraction of sp³-hybridized carbons (Fsp3) is 0.667. The van der Waals surface area contributed by atoms with Gasteiger partial charge < -0.3 is 5.32 Å². The molecular weight excluding hydrogens is 358 g/mol. The van der Waals surface area contributed by atoms with Gasteiger partial charge in [-0.3, -0.25) is 0 Å². The van der Waals surface area contributed by atoms with Crippen molar-refractivity contribution >= 4 is 25.4 Å². The van der Waals surface area contributed by atoms with Gasteiger partial charge in [-0.1, -0.05) is 33.1 Å². The van der Waals surface area contributed by atoms with Crippen LogP contribution < -0.4 is 5.32 Å². The Morgan fingerprint density at radius 1 is 1.00 bits per heavy atom. The topological polar surface area (TPSA) is 80.3 Å². The van der Waals surface area contributed by atoms with Crippen LogP contribution in [0.15, 0.2) is 28.0 Å². The van der Waals surface area contributed by atoms with Crippen molar-refractivity contribution in [2.75, 3.05) is 24.4 Å². The maximum atomic E-state index is 12.1. The van der Waals surface area contributed by atoms with Crippen LogP contribution in [0.1, 0.15) is 46.0 Å². The Morgan fingerprint density at radius 2 is 1.60 bits per heavy atom. The lowest BCUT2D eigenvalue weighted by Gasteiger charge is -2.37. The summed E-state index contributed by atoms with van der Waals surface area (Å²) in [5.41, 5.74) is 0.517. The summed E-state index contributed by atoms with van der Waals surface area (Å²) >= 11 is 0. The number of rotatable bonds is 6. The first kappa shape index (κ1) is 20.2. The quantitative estimate of drug-likeness (QED) is 0.808. The molecule has 1 fully saturated rings. The first-order valence-corrected chi connectivity index (χ1v) is 12.5. The molecule has 0 heterocycles. The molecule has 0 spiro atoms. The van der Waals surface area contributed by atoms with Crippen LogP contribution in [0.4, 0.5) is 5.69 Å². The average Bonchev–Trinajstić information content (AvgIpc) is 2.52. The lowest BCUT2D eigenvalue weighted by molar-refractivity contribution is 0.172. The van der Waals surface area contributed by atoms with Crippen molar-refractivity contribution < 1.29 is 16.8 Å². The number of sulfone groups is 2. The van der Waals surface area contributed by atoms with Gasteiger partial charge >= 0.3 is 0 Å². The van der Waals surface area contributed by atoms with Crippen molar-refractivity contribution in [3.63, 3.8) is 0 Å². The lowest BCUT2D eigenvalue weighted by Crippen LogP contribution is -2.33. The van der Waals surface area contributed by atoms with Gasteiger partial charge in [-0.25, -0.2) is 16.8 Å². The van der Waals surface area contributed by atoms with Crippen molar-refractivity contribution in [1.82, 2.24) is 0 Å². The second-order valence-electron chi connectivity index (χ2n) is 7.88. The van der Waals surface area contributed by atoms with Crippen LogP contribution in [-0.2, 0) is 19.7 Å². The molecule has 7 heteroatoms. The van der Waals surface area contributed by atoms with Gasteiger partial charge in [-0.15, -0.1) is 0 Å². The number of nitrogens with one attached hydrogen (secondary N) is 1. The summed E-state index contributed by atoms with van der Waals surface area (Å²) in [7, 11) is -6.99. The van der Waals surface area contributed by atoms with E-state index in [1.165, 1.54) is 44.2 Å². The monoisotopic (exact) mass is 387 g/mol. The average molecular weight is 388 g/mol. The Hall–Kier alpha value is -1.08. The lowest BCUT2D eigenvalue weighted by atomic mass is 9.71. The second kappa shape index (κ2) is 7.27. The largest absolute Gasteiger partial charge is 0.383 e. The highest BCUT2D eigenvalue weighted by Crippen LogP contribution is 2.38. The van der Waals surface area contributed by atoms with E-state index in [2.05, 4.69) is 19.2 Å². The third kappa shape index (κ3) is 5.20. The van der Waals surface area contributed by atoms with Gasteiger partial charge in [-0.05, 0) is 42.4 Å². The third-order valence-electron chi connectivity index (χ3n) is 5.23. The molecule has 1 aromatic carbocycles. The minimum Gasteiger partial charge on any atom is -0.383 e. The van der Waals surface area contributed by atoms with Gasteiger partial charge in [0.1, 0.15) is 0 Å². The Labute approximate surface area is 152 Å². The molecule has 1 aromatic rings. The predicted octanol–water partition coefficient (Wildman–Crippen LogP) is 3.51. The van der Waals surface area contributed by atoms with Gasteiger partial charge in [0.15, 0.2) is 19.7 Å². The minimum atomic E-state index is -3.54. The van der Waals surface area contributed by atoms with E-state index in [0.717, 1.165) is 12.5 Å². The molecule has 0 bridgehead atoms. The van der Waals surface area contributed by atoms with Crippen molar-refractivity contribution in [3.8, 4) is 0 Å². The van der Waals surface area contributed by atoms with Crippen molar-refractivity contribution in [3.05, 3.63) is 18.2 Å². The van der Waals surface area contributed by atoms with Gasteiger partial charge in [-0.2, -0.15) is 0 Å². The standard InChI is InChI=1S/C18H29NO4S2/c1-18(2,14-8-6-5-7-9-14)13-19-16-11-10-15(24(3,20)21)12-17(16)25(4,22)23/h10-12,14,19H,5-9,13H2,1-4H3. The summed E-state index contributed by atoms with van der Waals surface area (Å²) in [4.78, 5) is 0.0554. The van der Waals surface area contributed by atoms with Crippen LogP contribution in [0.3, 0.4) is 0 Å². The highest BCUT2D eigenvalue weighted by molar-refractivity contribution is 7.91. The highest BCUT2D eigenvalue weighted by atomic mass is 32.2. The van der Waals surface area contributed by atoms with Crippen molar-refractivity contribution in [1.29, 1.82) is 0 Å². The Kier molecular flexibility index (Phi) is 5.88. The SMILES string of the molecule is CC(C)(CNc1ccc(S(C)(=O)=O)cc1S(C)(=O)=O)C1CCCCC1. The molecule has 142 valence electrons. The van der Waals surface area contributed by atoms with Crippen LogP contribution in [-0.4, -0.2) is 35.9 Å². The molecule has 2 rings (SSSR count). The maximum Gasteiger partial charge on any atom is 0.177 e. The molecule has 0 unspecified atom stereocenters. The zero-order chi connectivity index (χ0) is 18.9. The first-order chi connectivity index (χ1) is 11.4. The molecule has 1 saturated carbocycles. The summed E-state index contributed by atoms with van der Waals surface area (Å²) in [5, 5.41) is 3.26. The van der Waals surface area contributed by atoms with E-state index in [0.29, 0.717) is 18.2 Å². The van der Waals surface area contributed by atoms with E-state index in [-0.39, 0.29) is 15.2 Å². The fourth-order valence-electron chi connectivity index (χ4n) is 3.54. The normalized spacial score (nSPS) is 17.4. The molecule has 1 N–H and O–H groups in total. The minimum absolute atomic E-state index is 0.0185. The molecule has 0 amide bonds. The van der Waals surface area contributed by atoms with E-state index < -0.39 is 19.7 Å². The molecule has 0 radical (unpaired) electrons. The van der Waals surface area contributed by atoms with Crippen LogP contribution in [0.25, 0.3) is 0 Å². The molecule has 1 aliphatic carbocycles. The number of anilines is 1. The summed E-state index contributed by atoms with van der Waals surface area (Å²) in [6.07, 6.45) is 8.41. The van der Waals surface area contributed by atoms with Crippen LogP contribution in [0.5, 0.6) is 0 Å². The molecule has 25 heavy (non-hydrogen) atoms. The third-order valence-corrected chi connectivity index (χ3v) is 7.47. The smallest absolute Gasteiger partial charge is 0.177 e. The molecule has 0 aromatic heterocycles. The van der Waals surface area contributed by atoms with E-state index in [9.17, 15) is 16.8 Å². The zero-order valence-corrected chi connectivity index (χ0v) is 17.1. The molecular formula is C18H29NO4S2. The molecule has 0 saturated heterocycles. The molecule has 0 aliphatic heterocycles. The predicted molar refractivity (Wildman–Crippen MR) is 102 cm³/mol. The summed E-state index contributed by atoms with van der Waals surface area (Å²) in [6.45, 7) is 5.07. The van der Waals surface area contributed by atoms with E-state index in [1.54, 1.807) is 6.07 Å². The van der Waals surface area contributed by atoms with E-state index >= 15 is 0 Å². The van der Waals surface area contributed by atoms with E-state index in [1.807, 2.05) is 0 Å². The molecule has 5 nitrogen and oxygen atoms in total. The summed E-state index contributed by atoms with van der Waals surface area (Å²) in [6, 6.07) is 4.27. The summed E-state index contributed by atoms with van der Waals surface area (Å²) < 4.78 is 47.7. The molecule has 0 atom stereocenters. The Bertz CT molecular complexity index is 821. The van der Waals surface area contributed by atoms with Crippen LogP contribution in [0.2, 0.25) is 0 Å². The van der Waals surface area contributed by atoms with Crippen molar-refractivity contribution in [2.24, 2.45) is 11.3 Å². The van der Waals surface area contributed by atoms with Gasteiger partial charge in [0.05, 0.1) is 15.5 Å². The number of benzene rings is 1. The van der Waals surface area contributed by atoms with Crippen molar-refractivity contribution in [2.45, 2.75) is 55.7 Å². The Balaban J connectivity index is 2.27. The zero-order valence-electron chi connectivity index (χ0n) is 15.5. The van der Waals surface area contributed by atoms with Crippen LogP contribution in [0, 0.1) is 11.3 Å². The van der Waals surface area contributed by atoms with E-state index in [4.69, 9.17) is 0 Å². The van der Waals surface area contributed by atoms with Gasteiger partial charge in [0.25, 0.3) is 0 Å². The first-order valence-electron chi connectivity index (χ1n) is 8.69. The number of hydrogen-bond donors (Lipinski definition) is 1.